The summed E-state index contributed by atoms with van der Waals surface area (Å²) >= 11 is 0. The number of carbonyl (C=O) groups excluding carboxylic acids is 1. The number of aliphatic hydroxyl groups excluding tert-OH is 5. The maximum absolute atomic E-state index is 11.4. The fraction of sp³-hybridized carbons (Fsp3) is 0.875. The van der Waals surface area contributed by atoms with Gasteiger partial charge in [-0.05, 0) is 0 Å². The molecule has 7 heteroatoms. The van der Waals surface area contributed by atoms with Crippen LogP contribution in [0.25, 0.3) is 0 Å². The second-order valence-corrected chi connectivity index (χ2v) is 2.97. The molecule has 0 saturated carbocycles. The van der Waals surface area contributed by atoms with Gasteiger partial charge in [0.2, 0.25) is 0 Å². The quantitative estimate of drug-likeness (QED) is 0.305. The molecule has 0 rings (SSSR count). The Kier molecular flexibility index (Phi) is 7.18. The highest BCUT2D eigenvalue weighted by molar-refractivity contribution is 5.81. The van der Waals surface area contributed by atoms with Crippen LogP contribution in [0.2, 0.25) is 0 Å². The number of amides is 1. The molecule has 0 spiro atoms. The number of hydrogen-bond donors (Lipinski definition) is 5. The van der Waals surface area contributed by atoms with Gasteiger partial charge in [0.25, 0.3) is 5.91 Å². The summed E-state index contributed by atoms with van der Waals surface area (Å²) in [4.78, 5) is 12.4. The third-order valence-corrected chi connectivity index (χ3v) is 1.86. The van der Waals surface area contributed by atoms with Crippen molar-refractivity contribution in [2.24, 2.45) is 0 Å². The van der Waals surface area contributed by atoms with E-state index in [4.69, 9.17) is 20.4 Å². The molecule has 0 unspecified atom stereocenters. The van der Waals surface area contributed by atoms with Crippen molar-refractivity contribution in [2.75, 3.05) is 32.9 Å². The molecule has 0 aromatic rings. The van der Waals surface area contributed by atoms with Gasteiger partial charge in [0.15, 0.2) is 6.10 Å². The Bertz CT molecular complexity index is 182. The van der Waals surface area contributed by atoms with Crippen molar-refractivity contribution in [1.29, 1.82) is 0 Å². The van der Waals surface area contributed by atoms with Crippen molar-refractivity contribution in [3.63, 3.8) is 0 Å². The Morgan fingerprint density at radius 1 is 1.07 bits per heavy atom. The van der Waals surface area contributed by atoms with Crippen LogP contribution < -0.4 is 0 Å². The minimum Gasteiger partial charge on any atom is -0.395 e. The van der Waals surface area contributed by atoms with E-state index in [1.165, 1.54) is 0 Å². The number of rotatable bonds is 7. The number of nitrogens with zero attached hydrogens (tertiary/aromatic N) is 1. The van der Waals surface area contributed by atoms with Crippen LogP contribution in [-0.2, 0) is 4.79 Å². The van der Waals surface area contributed by atoms with Crippen LogP contribution >= 0.6 is 0 Å². The van der Waals surface area contributed by atoms with Gasteiger partial charge in [-0.1, -0.05) is 0 Å². The summed E-state index contributed by atoms with van der Waals surface area (Å²) in [5, 5.41) is 44.0. The maximum atomic E-state index is 11.4. The average molecular weight is 223 g/mol. The molecular formula is C8H17NO6. The Hall–Kier alpha value is -0.730. The molecule has 0 saturated heterocycles. The Labute approximate surface area is 87.2 Å². The number of hydrogen-bond acceptors (Lipinski definition) is 6. The molecule has 0 aliphatic rings. The van der Waals surface area contributed by atoms with Gasteiger partial charge < -0.3 is 30.4 Å². The van der Waals surface area contributed by atoms with E-state index >= 15 is 0 Å². The molecule has 1 amide bonds. The maximum Gasteiger partial charge on any atom is 0.254 e. The van der Waals surface area contributed by atoms with E-state index in [1.54, 1.807) is 0 Å². The third-order valence-electron chi connectivity index (χ3n) is 1.86. The Morgan fingerprint density at radius 2 is 1.53 bits per heavy atom. The van der Waals surface area contributed by atoms with Crippen LogP contribution in [0.4, 0.5) is 0 Å². The Balaban J connectivity index is 4.33. The monoisotopic (exact) mass is 223 g/mol. The molecule has 0 aliphatic carbocycles. The van der Waals surface area contributed by atoms with E-state index in [0.717, 1.165) is 4.90 Å². The summed E-state index contributed by atoms with van der Waals surface area (Å²) in [6.45, 7) is -1.45. The highest BCUT2D eigenvalue weighted by atomic mass is 16.4. The lowest BCUT2D eigenvalue weighted by Gasteiger charge is -2.25. The molecular weight excluding hydrogens is 206 g/mol. The predicted octanol–water partition coefficient (Wildman–Crippen LogP) is -3.49. The molecule has 90 valence electrons. The van der Waals surface area contributed by atoms with Gasteiger partial charge in [-0.3, -0.25) is 4.79 Å². The minimum atomic E-state index is -1.74. The number of aliphatic hydroxyl groups is 5. The molecule has 2 atom stereocenters. The van der Waals surface area contributed by atoms with Crippen LogP contribution in [0.3, 0.4) is 0 Å². The second-order valence-electron chi connectivity index (χ2n) is 2.97. The lowest BCUT2D eigenvalue weighted by atomic mass is 10.2. The van der Waals surface area contributed by atoms with Crippen LogP contribution in [0, 0.1) is 0 Å². The fourth-order valence-corrected chi connectivity index (χ4v) is 1.03. The van der Waals surface area contributed by atoms with Crippen molar-refractivity contribution < 1.29 is 30.3 Å². The van der Waals surface area contributed by atoms with Crippen LogP contribution in [0.15, 0.2) is 0 Å². The summed E-state index contributed by atoms with van der Waals surface area (Å²) in [7, 11) is 0. The minimum absolute atomic E-state index is 0.0470. The summed E-state index contributed by atoms with van der Waals surface area (Å²) in [6, 6.07) is 0. The highest BCUT2D eigenvalue weighted by Gasteiger charge is 2.27. The second kappa shape index (κ2) is 7.55. The number of carbonyl (C=O) groups is 1. The van der Waals surface area contributed by atoms with Crippen molar-refractivity contribution in [2.45, 2.75) is 12.2 Å². The molecule has 0 bridgehead atoms. The third kappa shape index (κ3) is 4.54. The smallest absolute Gasteiger partial charge is 0.254 e. The van der Waals surface area contributed by atoms with E-state index in [9.17, 15) is 9.90 Å². The molecule has 0 aliphatic heterocycles. The van der Waals surface area contributed by atoms with Gasteiger partial charge in [-0.25, -0.2) is 0 Å². The molecule has 0 heterocycles. The standard InChI is InChI=1S/C8H17NO6/c10-3-1-9(2-4-11)8(15)7(14)6(13)5-12/h6-7,10-14H,1-5H2/t6-,7-/m1/s1. The van der Waals surface area contributed by atoms with Crippen molar-refractivity contribution in [3.8, 4) is 0 Å². The average Bonchev–Trinajstić information content (AvgIpc) is 2.25. The van der Waals surface area contributed by atoms with E-state index in [1.807, 2.05) is 0 Å². The first kappa shape index (κ1) is 14.3. The molecule has 0 aromatic heterocycles. The van der Waals surface area contributed by atoms with Gasteiger partial charge in [0.05, 0.1) is 19.8 Å². The zero-order chi connectivity index (χ0) is 11.8. The van der Waals surface area contributed by atoms with E-state index in [2.05, 4.69) is 0 Å². The van der Waals surface area contributed by atoms with Gasteiger partial charge in [0.1, 0.15) is 6.10 Å². The van der Waals surface area contributed by atoms with Gasteiger partial charge in [-0.2, -0.15) is 0 Å². The molecule has 15 heavy (non-hydrogen) atoms. The van der Waals surface area contributed by atoms with Crippen molar-refractivity contribution in [1.82, 2.24) is 4.90 Å². The molecule has 0 radical (unpaired) electrons. The van der Waals surface area contributed by atoms with Gasteiger partial charge in [0, 0.05) is 13.1 Å². The molecule has 5 N–H and O–H groups in total. The fourth-order valence-electron chi connectivity index (χ4n) is 1.03. The lowest BCUT2D eigenvalue weighted by molar-refractivity contribution is -0.148. The summed E-state index contributed by atoms with van der Waals surface area (Å²) in [6.07, 6.45) is -3.30. The largest absolute Gasteiger partial charge is 0.395 e. The lowest BCUT2D eigenvalue weighted by Crippen LogP contribution is -2.47. The van der Waals surface area contributed by atoms with Gasteiger partial charge in [-0.15, -0.1) is 0 Å². The van der Waals surface area contributed by atoms with E-state index < -0.39 is 24.7 Å². The normalized spacial score (nSPS) is 14.7. The molecule has 0 fully saturated rings. The summed E-state index contributed by atoms with van der Waals surface area (Å²) < 4.78 is 0. The van der Waals surface area contributed by atoms with Gasteiger partial charge >= 0.3 is 0 Å². The first-order valence-electron chi connectivity index (χ1n) is 4.56. The topological polar surface area (TPSA) is 121 Å². The summed E-state index contributed by atoms with van der Waals surface area (Å²) in [5.74, 6) is -0.834. The van der Waals surface area contributed by atoms with Crippen LogP contribution in [-0.4, -0.2) is 81.5 Å². The highest BCUT2D eigenvalue weighted by Crippen LogP contribution is 2.00. The van der Waals surface area contributed by atoms with Crippen molar-refractivity contribution >= 4 is 5.91 Å². The first-order chi connectivity index (χ1) is 7.08. The van der Waals surface area contributed by atoms with Crippen LogP contribution in [0.5, 0.6) is 0 Å². The van der Waals surface area contributed by atoms with E-state index in [-0.39, 0.29) is 26.3 Å². The first-order valence-corrected chi connectivity index (χ1v) is 4.56. The van der Waals surface area contributed by atoms with Crippen molar-refractivity contribution in [3.05, 3.63) is 0 Å². The molecule has 0 aromatic carbocycles. The van der Waals surface area contributed by atoms with E-state index in [0.29, 0.717) is 0 Å². The summed E-state index contributed by atoms with van der Waals surface area (Å²) in [5.41, 5.74) is 0. The Morgan fingerprint density at radius 3 is 1.87 bits per heavy atom. The zero-order valence-electron chi connectivity index (χ0n) is 8.28. The predicted molar refractivity (Wildman–Crippen MR) is 49.9 cm³/mol. The zero-order valence-corrected chi connectivity index (χ0v) is 8.28. The van der Waals surface area contributed by atoms with Crippen LogP contribution in [0.1, 0.15) is 0 Å². The SMILES string of the molecule is O=C([C@H](O)[C@H](O)CO)N(CCO)CCO. The molecule has 7 nitrogen and oxygen atoms in total.